The van der Waals surface area contributed by atoms with Gasteiger partial charge in [-0.15, -0.1) is 0 Å². The van der Waals surface area contributed by atoms with Crippen molar-refractivity contribution in [3.05, 3.63) is 53.9 Å². The number of aromatic nitrogens is 4. The van der Waals surface area contributed by atoms with E-state index in [9.17, 15) is 9.18 Å². The van der Waals surface area contributed by atoms with Crippen LogP contribution in [0.2, 0.25) is 0 Å². The highest BCUT2D eigenvalue weighted by Gasteiger charge is 2.25. The molecule has 2 N–H and O–H groups in total. The number of anilines is 2. The fraction of sp³-hybridized carbons (Fsp3) is 0.348. The Balaban J connectivity index is 1.50. The Morgan fingerprint density at radius 3 is 2.69 bits per heavy atom. The number of nitrogens with one attached hydrogen (secondary N) is 2. The van der Waals surface area contributed by atoms with Crippen LogP contribution >= 0.6 is 0 Å². The van der Waals surface area contributed by atoms with E-state index in [2.05, 4.69) is 39.5 Å². The highest BCUT2D eigenvalue weighted by Crippen LogP contribution is 2.30. The van der Waals surface area contributed by atoms with Crippen molar-refractivity contribution in [3.8, 4) is 0 Å². The van der Waals surface area contributed by atoms with Gasteiger partial charge >= 0.3 is 0 Å². The van der Waals surface area contributed by atoms with Crippen molar-refractivity contribution in [1.82, 2.24) is 24.5 Å². The third-order valence-electron chi connectivity index (χ3n) is 5.80. The van der Waals surface area contributed by atoms with Gasteiger partial charge in [-0.3, -0.25) is 9.48 Å². The molecule has 0 spiro atoms. The molecule has 2 unspecified atom stereocenters. The minimum absolute atomic E-state index is 0.233. The molecule has 1 aromatic carbocycles. The standard InChI is InChI=1S/C23H26FN7O/c1-13-8-30(9-14(2)25-13)20-6-5-17(21-18(20)12-29(4)28-21)23(32)27-16-7-19(24)22-26-15(3)10-31(22)11-16/h5-7,10-14,25H,8-9H2,1-4H3,(H,27,32). The molecule has 32 heavy (non-hydrogen) atoms. The van der Waals surface area contributed by atoms with Crippen LogP contribution in [0.25, 0.3) is 16.6 Å². The van der Waals surface area contributed by atoms with E-state index in [0.29, 0.717) is 34.5 Å². The summed E-state index contributed by atoms with van der Waals surface area (Å²) in [5.74, 6) is -0.825. The smallest absolute Gasteiger partial charge is 0.257 e. The van der Waals surface area contributed by atoms with E-state index in [1.165, 1.54) is 6.07 Å². The van der Waals surface area contributed by atoms with Gasteiger partial charge in [-0.2, -0.15) is 5.10 Å². The Morgan fingerprint density at radius 2 is 1.94 bits per heavy atom. The Labute approximate surface area is 185 Å². The molecule has 3 aromatic heterocycles. The van der Waals surface area contributed by atoms with E-state index >= 15 is 0 Å². The maximum atomic E-state index is 14.4. The average molecular weight is 436 g/mol. The molecule has 1 aliphatic heterocycles. The minimum Gasteiger partial charge on any atom is -0.368 e. The number of nitrogens with zero attached hydrogens (tertiary/aromatic N) is 5. The fourth-order valence-electron chi connectivity index (χ4n) is 4.63. The maximum Gasteiger partial charge on any atom is 0.257 e. The summed E-state index contributed by atoms with van der Waals surface area (Å²) in [4.78, 5) is 19.6. The lowest BCUT2D eigenvalue weighted by Crippen LogP contribution is -2.54. The van der Waals surface area contributed by atoms with E-state index in [1.807, 2.05) is 19.3 Å². The van der Waals surface area contributed by atoms with Crippen molar-refractivity contribution in [1.29, 1.82) is 0 Å². The van der Waals surface area contributed by atoms with Crippen molar-refractivity contribution >= 4 is 33.8 Å². The number of halogens is 1. The summed E-state index contributed by atoms with van der Waals surface area (Å²) in [5, 5.41) is 11.8. The molecule has 0 saturated carbocycles. The zero-order chi connectivity index (χ0) is 22.6. The predicted molar refractivity (Wildman–Crippen MR) is 123 cm³/mol. The third-order valence-corrected chi connectivity index (χ3v) is 5.80. The molecule has 5 rings (SSSR count). The number of rotatable bonds is 3. The molecule has 0 radical (unpaired) electrons. The number of aryl methyl sites for hydroxylation is 2. The van der Waals surface area contributed by atoms with Crippen molar-refractivity contribution in [2.45, 2.75) is 32.9 Å². The van der Waals surface area contributed by atoms with Gasteiger partial charge in [0.05, 0.1) is 16.9 Å². The van der Waals surface area contributed by atoms with Crippen molar-refractivity contribution in [2.75, 3.05) is 23.3 Å². The lowest BCUT2D eigenvalue weighted by Gasteiger charge is -2.38. The summed E-state index contributed by atoms with van der Waals surface area (Å²) in [7, 11) is 1.85. The van der Waals surface area contributed by atoms with E-state index in [1.54, 1.807) is 34.5 Å². The molecule has 0 bridgehead atoms. The van der Waals surface area contributed by atoms with E-state index < -0.39 is 5.82 Å². The molecular weight excluding hydrogens is 409 g/mol. The summed E-state index contributed by atoms with van der Waals surface area (Å²) in [6.45, 7) is 7.89. The third kappa shape index (κ3) is 3.58. The first-order valence-corrected chi connectivity index (χ1v) is 10.7. The largest absolute Gasteiger partial charge is 0.368 e. The molecular formula is C23H26FN7O. The second-order valence-electron chi connectivity index (χ2n) is 8.72. The number of fused-ring (bicyclic) bond motifs is 2. The van der Waals surface area contributed by atoms with Crippen LogP contribution in [-0.2, 0) is 7.05 Å². The maximum absolute atomic E-state index is 14.4. The van der Waals surface area contributed by atoms with Gasteiger partial charge in [-0.1, -0.05) is 0 Å². The SMILES string of the molecule is Cc1cn2cc(NC(=O)c3ccc(N4CC(C)NC(C)C4)c4cn(C)nc34)cc(F)c2n1. The Hall–Kier alpha value is -3.46. The van der Waals surface area contributed by atoms with E-state index in [0.717, 1.165) is 24.2 Å². The van der Waals surface area contributed by atoms with Gasteiger partial charge in [0.1, 0.15) is 5.52 Å². The van der Waals surface area contributed by atoms with Gasteiger partial charge < -0.3 is 19.9 Å². The first-order valence-electron chi connectivity index (χ1n) is 10.7. The summed E-state index contributed by atoms with van der Waals surface area (Å²) in [6.07, 6.45) is 5.32. The number of carbonyl (C=O) groups is 1. The van der Waals surface area contributed by atoms with E-state index in [-0.39, 0.29) is 11.6 Å². The van der Waals surface area contributed by atoms with Crippen LogP contribution in [0.4, 0.5) is 15.8 Å². The van der Waals surface area contributed by atoms with Crippen LogP contribution in [0.1, 0.15) is 29.9 Å². The van der Waals surface area contributed by atoms with E-state index in [4.69, 9.17) is 0 Å². The molecule has 1 aliphatic rings. The Bertz CT molecular complexity index is 1330. The number of amides is 1. The number of hydrogen-bond donors (Lipinski definition) is 2. The number of carbonyl (C=O) groups excluding carboxylic acids is 1. The van der Waals surface area contributed by atoms with Crippen LogP contribution < -0.4 is 15.5 Å². The van der Waals surface area contributed by atoms with Gasteiger partial charge in [0, 0.05) is 68.0 Å². The van der Waals surface area contributed by atoms with Crippen molar-refractivity contribution in [2.24, 2.45) is 7.05 Å². The average Bonchev–Trinajstić information content (AvgIpc) is 3.28. The first kappa shape index (κ1) is 20.4. The molecule has 1 fully saturated rings. The number of hydrogen-bond acceptors (Lipinski definition) is 5. The molecule has 166 valence electrons. The van der Waals surface area contributed by atoms with Gasteiger partial charge in [0.15, 0.2) is 11.5 Å². The molecule has 0 aliphatic carbocycles. The fourth-order valence-corrected chi connectivity index (χ4v) is 4.63. The molecule has 4 aromatic rings. The summed E-state index contributed by atoms with van der Waals surface area (Å²) >= 11 is 0. The monoisotopic (exact) mass is 435 g/mol. The highest BCUT2D eigenvalue weighted by molar-refractivity contribution is 6.13. The molecule has 8 nitrogen and oxygen atoms in total. The van der Waals surface area contributed by atoms with Crippen molar-refractivity contribution < 1.29 is 9.18 Å². The second kappa shape index (κ2) is 7.59. The Morgan fingerprint density at radius 1 is 1.19 bits per heavy atom. The zero-order valence-electron chi connectivity index (χ0n) is 18.6. The number of pyridine rings is 1. The lowest BCUT2D eigenvalue weighted by molar-refractivity contribution is 0.102. The normalized spacial score (nSPS) is 19.1. The minimum atomic E-state index is -0.490. The predicted octanol–water partition coefficient (Wildman–Crippen LogP) is 3.11. The molecule has 1 saturated heterocycles. The quantitative estimate of drug-likeness (QED) is 0.517. The van der Waals surface area contributed by atoms with Gasteiger partial charge in [0.2, 0.25) is 0 Å². The Kier molecular flexibility index (Phi) is 4.85. The zero-order valence-corrected chi connectivity index (χ0v) is 18.6. The second-order valence-corrected chi connectivity index (χ2v) is 8.72. The van der Waals surface area contributed by atoms with Gasteiger partial charge in [0.25, 0.3) is 5.91 Å². The topological polar surface area (TPSA) is 79.5 Å². The molecule has 1 amide bonds. The van der Waals surface area contributed by atoms with Crippen LogP contribution in [0.5, 0.6) is 0 Å². The molecule has 2 atom stereocenters. The summed E-state index contributed by atoms with van der Waals surface area (Å²) in [5.41, 5.74) is 3.43. The number of piperazine rings is 1. The number of imidazole rings is 1. The van der Waals surface area contributed by atoms with Crippen LogP contribution in [0.3, 0.4) is 0 Å². The van der Waals surface area contributed by atoms with Gasteiger partial charge in [-0.05, 0) is 32.9 Å². The van der Waals surface area contributed by atoms with Gasteiger partial charge in [-0.25, -0.2) is 9.37 Å². The summed E-state index contributed by atoms with van der Waals surface area (Å²) < 4.78 is 17.7. The van der Waals surface area contributed by atoms with Crippen LogP contribution in [0.15, 0.2) is 36.8 Å². The van der Waals surface area contributed by atoms with Crippen LogP contribution in [0, 0.1) is 12.7 Å². The summed E-state index contributed by atoms with van der Waals surface area (Å²) in [6, 6.07) is 5.79. The highest BCUT2D eigenvalue weighted by atomic mass is 19.1. The number of benzene rings is 1. The molecule has 9 heteroatoms. The van der Waals surface area contributed by atoms with Crippen LogP contribution in [-0.4, -0.2) is 50.2 Å². The lowest BCUT2D eigenvalue weighted by atomic mass is 10.1. The molecule has 4 heterocycles. The first-order chi connectivity index (χ1) is 15.3. The van der Waals surface area contributed by atoms with Crippen molar-refractivity contribution in [3.63, 3.8) is 0 Å².